The number of allylic oxidation sites excluding steroid dienone is 4. The first kappa shape index (κ1) is 54.1. The van der Waals surface area contributed by atoms with E-state index in [1.54, 1.807) is 52.3 Å². The minimum Gasteiger partial charge on any atom is -0.497 e. The van der Waals surface area contributed by atoms with Gasteiger partial charge in [0.25, 0.3) is 0 Å². The number of Topliss-reactive ketones (excluding diaryl/α,β-unsaturated/α-hetero) is 2. The second-order valence-corrected chi connectivity index (χ2v) is 19.7. The van der Waals surface area contributed by atoms with Crippen molar-refractivity contribution < 1.29 is 37.3 Å². The number of carbonyl (C=O) groups is 2. The minimum absolute atomic E-state index is 0.0665. The number of hydrogen-bond acceptors (Lipinski definition) is 6. The van der Waals surface area contributed by atoms with Crippen LogP contribution in [0.3, 0.4) is 0 Å². The van der Waals surface area contributed by atoms with E-state index in [1.165, 1.54) is 12.1 Å². The molecule has 0 aliphatic heterocycles. The van der Waals surface area contributed by atoms with Gasteiger partial charge in [0, 0.05) is 35.8 Å². The fourth-order valence-corrected chi connectivity index (χ4v) is 8.43. The highest BCUT2D eigenvalue weighted by molar-refractivity contribution is 5.77. The molecule has 0 unspecified atom stereocenters. The van der Waals surface area contributed by atoms with E-state index in [1.807, 2.05) is 111 Å². The number of benzene rings is 6. The molecule has 0 N–H and O–H groups in total. The van der Waals surface area contributed by atoms with Gasteiger partial charge in [-0.15, -0.1) is 0 Å². The summed E-state index contributed by atoms with van der Waals surface area (Å²) >= 11 is 0. The van der Waals surface area contributed by atoms with E-state index in [0.29, 0.717) is 48.7 Å². The molecule has 0 heterocycles. The predicted octanol–water partition coefficient (Wildman–Crippen LogP) is 16.0. The lowest BCUT2D eigenvalue weighted by molar-refractivity contribution is -0.118. The number of carbonyl (C=O) groups excluding carboxylic acids is 2. The molecule has 0 spiro atoms. The Morgan fingerprint density at radius 1 is 0.486 bits per heavy atom. The van der Waals surface area contributed by atoms with Gasteiger partial charge in [-0.2, -0.15) is 0 Å². The lowest BCUT2D eigenvalue weighted by Gasteiger charge is -2.24. The maximum Gasteiger partial charge on any atom is 0.131 e. The smallest absolute Gasteiger partial charge is 0.131 e. The molecule has 0 fully saturated rings. The number of halogens is 2. The van der Waals surface area contributed by atoms with Crippen molar-refractivity contribution in [3.05, 3.63) is 191 Å². The van der Waals surface area contributed by atoms with Crippen LogP contribution in [-0.4, -0.2) is 25.8 Å². The summed E-state index contributed by atoms with van der Waals surface area (Å²) in [5, 5.41) is 0. The van der Waals surface area contributed by atoms with Gasteiger partial charge in [0.1, 0.15) is 59.4 Å². The van der Waals surface area contributed by atoms with E-state index in [2.05, 4.69) is 53.7 Å². The van der Waals surface area contributed by atoms with Crippen LogP contribution in [0, 0.1) is 11.6 Å². The highest BCUT2D eigenvalue weighted by Gasteiger charge is 2.23. The quantitative estimate of drug-likeness (QED) is 0.0800. The minimum atomic E-state index is -0.286. The summed E-state index contributed by atoms with van der Waals surface area (Å²) in [7, 11) is 3.16. The van der Waals surface area contributed by atoms with Crippen molar-refractivity contribution in [2.45, 2.75) is 118 Å². The zero-order chi connectivity index (χ0) is 51.2. The van der Waals surface area contributed by atoms with Crippen LogP contribution in [0.1, 0.15) is 127 Å². The van der Waals surface area contributed by atoms with Gasteiger partial charge in [0.2, 0.25) is 0 Å². The molecule has 0 bridgehead atoms. The van der Waals surface area contributed by atoms with Gasteiger partial charge in [-0.3, -0.25) is 9.59 Å². The van der Waals surface area contributed by atoms with E-state index in [0.717, 1.165) is 56.0 Å². The second kappa shape index (κ2) is 24.7. The summed E-state index contributed by atoms with van der Waals surface area (Å²) in [6.07, 6.45) is 9.01. The highest BCUT2D eigenvalue weighted by Crippen LogP contribution is 2.39. The lowest BCUT2D eigenvalue weighted by atomic mass is 9.81. The maximum atomic E-state index is 14.9. The first-order valence-corrected chi connectivity index (χ1v) is 23.9. The Morgan fingerprint density at radius 3 is 1.13 bits per heavy atom. The van der Waals surface area contributed by atoms with Gasteiger partial charge < -0.3 is 18.9 Å². The maximum absolute atomic E-state index is 14.9. The Bertz CT molecular complexity index is 2560. The number of ether oxygens (including phenoxy) is 4. The van der Waals surface area contributed by atoms with Gasteiger partial charge in [0.15, 0.2) is 0 Å². The summed E-state index contributed by atoms with van der Waals surface area (Å²) in [5.74, 6) is 2.60. The number of ketones is 2. The van der Waals surface area contributed by atoms with Crippen LogP contribution in [-0.2, 0) is 33.6 Å². The average Bonchev–Trinajstić information content (AvgIpc) is 3.32. The van der Waals surface area contributed by atoms with E-state index in [4.69, 9.17) is 18.9 Å². The summed E-state index contributed by atoms with van der Waals surface area (Å²) in [4.78, 5) is 23.2. The first-order chi connectivity index (χ1) is 33.2. The van der Waals surface area contributed by atoms with E-state index < -0.39 is 0 Å². The van der Waals surface area contributed by atoms with Crippen molar-refractivity contribution in [1.82, 2.24) is 0 Å². The molecule has 0 aliphatic carbocycles. The molecular formula is C62H70F2O6. The van der Waals surface area contributed by atoms with Crippen molar-refractivity contribution in [3.63, 3.8) is 0 Å². The van der Waals surface area contributed by atoms with Crippen LogP contribution < -0.4 is 18.9 Å². The lowest BCUT2D eigenvalue weighted by Crippen LogP contribution is -2.13. The fraction of sp³-hybridized carbons (Fsp3) is 0.323. The third-order valence-corrected chi connectivity index (χ3v) is 12.0. The average molecular weight is 949 g/mol. The highest BCUT2D eigenvalue weighted by atomic mass is 19.1. The van der Waals surface area contributed by atoms with E-state index >= 15 is 0 Å². The molecular weight excluding hydrogens is 879 g/mol. The molecule has 6 aromatic carbocycles. The van der Waals surface area contributed by atoms with Crippen molar-refractivity contribution in [1.29, 1.82) is 0 Å². The molecule has 0 amide bonds. The van der Waals surface area contributed by atoms with Crippen LogP contribution in [0.5, 0.6) is 23.0 Å². The molecule has 0 aliphatic rings. The molecule has 0 saturated heterocycles. The Kier molecular flexibility index (Phi) is 19.1. The topological polar surface area (TPSA) is 71.1 Å². The number of rotatable bonds is 18. The number of methoxy groups -OCH3 is 2. The molecule has 2 atom stereocenters. The van der Waals surface area contributed by atoms with Gasteiger partial charge in [-0.05, 0) is 156 Å². The molecule has 0 radical (unpaired) electrons. The van der Waals surface area contributed by atoms with Crippen LogP contribution in [0.25, 0.3) is 22.3 Å². The van der Waals surface area contributed by atoms with Crippen molar-refractivity contribution in [2.24, 2.45) is 0 Å². The van der Waals surface area contributed by atoms with Crippen LogP contribution >= 0.6 is 0 Å². The first-order valence-electron chi connectivity index (χ1n) is 23.9. The molecule has 0 aromatic heterocycles. The zero-order valence-corrected chi connectivity index (χ0v) is 43.0. The van der Waals surface area contributed by atoms with Gasteiger partial charge in [-0.25, -0.2) is 8.78 Å². The summed E-state index contributed by atoms with van der Waals surface area (Å²) in [6, 6.07) is 37.5. The van der Waals surface area contributed by atoms with Crippen molar-refractivity contribution >= 4 is 11.6 Å². The molecule has 368 valence electrons. The Morgan fingerprint density at radius 2 is 0.829 bits per heavy atom. The van der Waals surface area contributed by atoms with Crippen LogP contribution in [0.2, 0.25) is 0 Å². The van der Waals surface area contributed by atoms with Gasteiger partial charge in [0.05, 0.1) is 14.2 Å². The standard InChI is InChI=1S/2C31H35FO3/c2*1-7-8-24(17-21(2)33)23-10-12-25(13-11-23)35-20-22-9-15-29(31(3,4)5)27(18-22)28-19-26(34-6)14-16-30(28)32/h2*7-16,18-19,24H,17,20H2,1-6H3/b2*8-7+/t2*24-/m10/s1. The third-order valence-electron chi connectivity index (χ3n) is 12.0. The summed E-state index contributed by atoms with van der Waals surface area (Å²) in [6.45, 7) is 20.6. The van der Waals surface area contributed by atoms with Gasteiger partial charge in [-0.1, -0.05) is 114 Å². The van der Waals surface area contributed by atoms with Crippen molar-refractivity contribution in [2.75, 3.05) is 14.2 Å². The largest absolute Gasteiger partial charge is 0.497 e. The third kappa shape index (κ3) is 15.1. The Hall–Kier alpha value is -6.80. The summed E-state index contributed by atoms with van der Waals surface area (Å²) in [5.41, 5.74) is 8.54. The Balaban J connectivity index is 0.000000261. The molecule has 0 saturated carbocycles. The van der Waals surface area contributed by atoms with Gasteiger partial charge >= 0.3 is 0 Å². The number of hydrogen-bond donors (Lipinski definition) is 0. The molecule has 6 aromatic rings. The SMILES string of the molecule is C/C=C/[C@@H](CC(C)=O)c1ccc(OCc2ccc(C(C)(C)C)c(-c3cc(OC)ccc3F)c2)cc1.C/C=C/[C@H](CC(C)=O)c1ccc(OCc2ccc(C(C)(C)C)c(-c3cc(OC)ccc3F)c2)cc1. The molecule has 6 nitrogen and oxygen atoms in total. The second-order valence-electron chi connectivity index (χ2n) is 19.7. The molecule has 70 heavy (non-hydrogen) atoms. The molecule has 6 rings (SSSR count). The predicted molar refractivity (Wildman–Crippen MR) is 281 cm³/mol. The molecule has 8 heteroatoms. The zero-order valence-electron chi connectivity index (χ0n) is 43.0. The van der Waals surface area contributed by atoms with Crippen LogP contribution in [0.4, 0.5) is 8.78 Å². The van der Waals surface area contributed by atoms with Crippen LogP contribution in [0.15, 0.2) is 146 Å². The van der Waals surface area contributed by atoms with Crippen molar-refractivity contribution in [3.8, 4) is 45.3 Å². The normalized spacial score (nSPS) is 12.5. The van der Waals surface area contributed by atoms with E-state index in [-0.39, 0.29) is 45.9 Å². The fourth-order valence-electron chi connectivity index (χ4n) is 8.43. The Labute approximate surface area is 415 Å². The summed E-state index contributed by atoms with van der Waals surface area (Å²) < 4.78 is 52.5. The monoisotopic (exact) mass is 949 g/mol. The van der Waals surface area contributed by atoms with E-state index in [9.17, 15) is 18.4 Å².